The highest BCUT2D eigenvalue weighted by molar-refractivity contribution is 7.10. The fourth-order valence-corrected chi connectivity index (χ4v) is 3.87. The molecule has 122 valence electrons. The van der Waals surface area contributed by atoms with E-state index in [2.05, 4.69) is 23.4 Å². The summed E-state index contributed by atoms with van der Waals surface area (Å²) in [6.07, 6.45) is 1.26. The smallest absolute Gasteiger partial charge is 0.168 e. The van der Waals surface area contributed by atoms with Gasteiger partial charge in [0.25, 0.3) is 0 Å². The van der Waals surface area contributed by atoms with Crippen molar-refractivity contribution in [2.45, 2.75) is 19.4 Å². The molecule has 5 heteroatoms. The standard InChI is InChI=1S/C18H21NO3S/c1-19-6-4-12-8-16(21-2)17(22-3)9-14(12)15(20)10-18-13(11-19)5-7-23-18/h5,7-9H,4,6,10-11H2,1-3H3. The maximum Gasteiger partial charge on any atom is 0.168 e. The van der Waals surface area contributed by atoms with Crippen LogP contribution in [0.15, 0.2) is 23.6 Å². The summed E-state index contributed by atoms with van der Waals surface area (Å²) in [7, 11) is 5.33. The molecule has 2 aromatic rings. The molecule has 1 aliphatic heterocycles. The van der Waals surface area contributed by atoms with Gasteiger partial charge in [-0.1, -0.05) is 0 Å². The number of carbonyl (C=O) groups is 1. The molecule has 1 aromatic carbocycles. The topological polar surface area (TPSA) is 38.8 Å². The Balaban J connectivity index is 2.06. The van der Waals surface area contributed by atoms with Gasteiger partial charge in [0, 0.05) is 30.0 Å². The second-order valence-electron chi connectivity index (χ2n) is 5.82. The Kier molecular flexibility index (Phi) is 4.68. The van der Waals surface area contributed by atoms with E-state index in [1.807, 2.05) is 12.1 Å². The molecule has 1 aliphatic rings. The van der Waals surface area contributed by atoms with Crippen molar-refractivity contribution in [3.05, 3.63) is 45.1 Å². The van der Waals surface area contributed by atoms with Gasteiger partial charge in [0.15, 0.2) is 17.3 Å². The molecule has 0 N–H and O–H groups in total. The monoisotopic (exact) mass is 331 g/mol. The zero-order valence-corrected chi connectivity index (χ0v) is 14.5. The van der Waals surface area contributed by atoms with Crippen LogP contribution in [0.3, 0.4) is 0 Å². The number of ketones is 1. The van der Waals surface area contributed by atoms with E-state index in [1.165, 1.54) is 5.56 Å². The summed E-state index contributed by atoms with van der Waals surface area (Å²) in [5, 5.41) is 2.07. The van der Waals surface area contributed by atoms with Crippen LogP contribution in [0.4, 0.5) is 0 Å². The summed E-state index contributed by atoms with van der Waals surface area (Å²) in [6.45, 7) is 1.78. The van der Waals surface area contributed by atoms with E-state index < -0.39 is 0 Å². The lowest BCUT2D eigenvalue weighted by atomic mass is 9.96. The number of thiophene rings is 1. The molecule has 0 atom stereocenters. The largest absolute Gasteiger partial charge is 0.493 e. The second kappa shape index (κ2) is 6.72. The number of hydrogen-bond acceptors (Lipinski definition) is 5. The van der Waals surface area contributed by atoms with Crippen LogP contribution in [0.2, 0.25) is 0 Å². The van der Waals surface area contributed by atoms with Crippen molar-refractivity contribution >= 4 is 17.1 Å². The lowest BCUT2D eigenvalue weighted by molar-refractivity contribution is 0.0991. The number of Topliss-reactive ketones (excluding diaryl/α,β-unsaturated/α-hetero) is 1. The lowest BCUT2D eigenvalue weighted by Gasteiger charge is -2.21. The third kappa shape index (κ3) is 3.26. The minimum atomic E-state index is 0.147. The Bertz CT molecular complexity index is 723. The summed E-state index contributed by atoms with van der Waals surface area (Å²) < 4.78 is 10.8. The van der Waals surface area contributed by atoms with Crippen LogP contribution in [0.5, 0.6) is 11.5 Å². The maximum atomic E-state index is 12.8. The predicted octanol–water partition coefficient (Wildman–Crippen LogP) is 3.18. The van der Waals surface area contributed by atoms with Gasteiger partial charge in [0.1, 0.15) is 0 Å². The molecule has 0 amide bonds. The Hall–Kier alpha value is -1.85. The number of hydrogen-bond donors (Lipinski definition) is 0. The zero-order chi connectivity index (χ0) is 16.4. The van der Waals surface area contributed by atoms with Crippen molar-refractivity contribution < 1.29 is 14.3 Å². The highest BCUT2D eigenvalue weighted by Crippen LogP contribution is 2.32. The van der Waals surface area contributed by atoms with Crippen molar-refractivity contribution in [1.82, 2.24) is 4.90 Å². The Labute approximate surface area is 140 Å². The molecule has 0 unspecified atom stereocenters. The van der Waals surface area contributed by atoms with Gasteiger partial charge in [0.2, 0.25) is 0 Å². The van der Waals surface area contributed by atoms with Crippen molar-refractivity contribution in [2.24, 2.45) is 0 Å². The molecule has 0 bridgehead atoms. The average Bonchev–Trinajstić information content (AvgIpc) is 2.98. The molecule has 2 heterocycles. The number of nitrogens with zero attached hydrogens (tertiary/aromatic N) is 1. The van der Waals surface area contributed by atoms with Gasteiger partial charge in [-0.3, -0.25) is 4.79 Å². The quantitative estimate of drug-likeness (QED) is 0.847. The third-order valence-corrected chi connectivity index (χ3v) is 5.23. The van der Waals surface area contributed by atoms with E-state index >= 15 is 0 Å². The van der Waals surface area contributed by atoms with Crippen LogP contribution in [0, 0.1) is 0 Å². The molecule has 0 saturated heterocycles. The number of rotatable bonds is 2. The lowest BCUT2D eigenvalue weighted by Crippen LogP contribution is -2.23. The molecule has 3 rings (SSSR count). The number of ether oxygens (including phenoxy) is 2. The van der Waals surface area contributed by atoms with E-state index in [1.54, 1.807) is 25.6 Å². The SMILES string of the molecule is COc1cc2c(cc1OC)C(=O)Cc1sccc1CN(C)CC2. The maximum absolute atomic E-state index is 12.8. The molecule has 0 saturated carbocycles. The van der Waals surface area contributed by atoms with Crippen LogP contribution in [-0.2, 0) is 19.4 Å². The fourth-order valence-electron chi connectivity index (χ4n) is 2.97. The van der Waals surface area contributed by atoms with Crippen LogP contribution >= 0.6 is 11.3 Å². The Morgan fingerprint density at radius 1 is 1.13 bits per heavy atom. The van der Waals surface area contributed by atoms with E-state index in [0.717, 1.165) is 35.5 Å². The number of fused-ring (bicyclic) bond motifs is 2. The van der Waals surface area contributed by atoms with Crippen LogP contribution < -0.4 is 9.47 Å². The Morgan fingerprint density at radius 3 is 2.61 bits per heavy atom. The Morgan fingerprint density at radius 2 is 1.87 bits per heavy atom. The highest BCUT2D eigenvalue weighted by atomic mass is 32.1. The first-order valence-electron chi connectivity index (χ1n) is 7.64. The number of likely N-dealkylation sites (N-methyl/N-ethyl adjacent to an activating group) is 1. The zero-order valence-electron chi connectivity index (χ0n) is 13.7. The summed E-state index contributed by atoms with van der Waals surface area (Å²) in [6, 6.07) is 5.89. The third-order valence-electron chi connectivity index (χ3n) is 4.27. The average molecular weight is 331 g/mol. The molecule has 0 fully saturated rings. The van der Waals surface area contributed by atoms with Crippen molar-refractivity contribution in [2.75, 3.05) is 27.8 Å². The van der Waals surface area contributed by atoms with Gasteiger partial charge < -0.3 is 14.4 Å². The molecule has 23 heavy (non-hydrogen) atoms. The molecule has 1 aromatic heterocycles. The van der Waals surface area contributed by atoms with Crippen LogP contribution in [-0.4, -0.2) is 38.5 Å². The van der Waals surface area contributed by atoms with E-state index in [9.17, 15) is 4.79 Å². The van der Waals surface area contributed by atoms with E-state index in [4.69, 9.17) is 9.47 Å². The van der Waals surface area contributed by atoms with Crippen molar-refractivity contribution in [1.29, 1.82) is 0 Å². The highest BCUT2D eigenvalue weighted by Gasteiger charge is 2.21. The molecule has 0 radical (unpaired) electrons. The molecule has 4 nitrogen and oxygen atoms in total. The van der Waals surface area contributed by atoms with Gasteiger partial charge in [-0.2, -0.15) is 0 Å². The summed E-state index contributed by atoms with van der Waals surface area (Å²) in [5.41, 5.74) is 3.03. The van der Waals surface area contributed by atoms with Crippen LogP contribution in [0.1, 0.15) is 26.4 Å². The normalized spacial score (nSPS) is 15.7. The summed E-state index contributed by atoms with van der Waals surface area (Å²) in [4.78, 5) is 16.3. The minimum Gasteiger partial charge on any atom is -0.493 e. The fraction of sp³-hybridized carbons (Fsp3) is 0.389. The van der Waals surface area contributed by atoms with Crippen LogP contribution in [0.25, 0.3) is 0 Å². The van der Waals surface area contributed by atoms with Gasteiger partial charge >= 0.3 is 0 Å². The number of benzene rings is 1. The number of carbonyl (C=O) groups excluding carboxylic acids is 1. The van der Waals surface area contributed by atoms with E-state index in [0.29, 0.717) is 17.9 Å². The van der Waals surface area contributed by atoms with Gasteiger partial charge in [0.05, 0.1) is 14.2 Å². The van der Waals surface area contributed by atoms with Gasteiger partial charge in [-0.15, -0.1) is 11.3 Å². The first-order valence-corrected chi connectivity index (χ1v) is 8.52. The molecule has 0 spiro atoms. The van der Waals surface area contributed by atoms with Crippen molar-refractivity contribution in [3.63, 3.8) is 0 Å². The molecular weight excluding hydrogens is 310 g/mol. The first-order chi connectivity index (χ1) is 11.1. The predicted molar refractivity (Wildman–Crippen MR) is 91.9 cm³/mol. The molecular formula is C18H21NO3S. The second-order valence-corrected chi connectivity index (χ2v) is 6.82. The molecule has 0 aliphatic carbocycles. The van der Waals surface area contributed by atoms with Crippen molar-refractivity contribution in [3.8, 4) is 11.5 Å². The minimum absolute atomic E-state index is 0.147. The first kappa shape index (κ1) is 16.0. The number of methoxy groups -OCH3 is 2. The summed E-state index contributed by atoms with van der Waals surface area (Å²) >= 11 is 1.66. The van der Waals surface area contributed by atoms with Gasteiger partial charge in [-0.05, 0) is 48.2 Å². The van der Waals surface area contributed by atoms with Gasteiger partial charge in [-0.25, -0.2) is 0 Å². The summed E-state index contributed by atoms with van der Waals surface area (Å²) in [5.74, 6) is 1.43. The van der Waals surface area contributed by atoms with E-state index in [-0.39, 0.29) is 5.78 Å².